The summed E-state index contributed by atoms with van der Waals surface area (Å²) < 4.78 is 26.2. The van der Waals surface area contributed by atoms with Crippen molar-refractivity contribution in [3.05, 3.63) is 17.5 Å². The fraction of sp³-hybridized carbons (Fsp3) is 0.636. The molecule has 1 amide bonds. The molecule has 102 valence electrons. The number of aromatic nitrogens is 2. The maximum atomic E-state index is 12.4. The molecule has 1 aromatic rings. The van der Waals surface area contributed by atoms with Crippen LogP contribution < -0.4 is 5.73 Å². The zero-order valence-electron chi connectivity index (χ0n) is 10.6. The van der Waals surface area contributed by atoms with Crippen LogP contribution in [0, 0.1) is 0 Å². The number of hydrogen-bond donors (Lipinski definition) is 1. The summed E-state index contributed by atoms with van der Waals surface area (Å²) in [5.41, 5.74) is 6.39. The smallest absolute Gasteiger partial charge is 0.272 e. The van der Waals surface area contributed by atoms with E-state index in [0.717, 1.165) is 10.6 Å². The third kappa shape index (κ3) is 3.49. The molecule has 0 aromatic carbocycles. The van der Waals surface area contributed by atoms with Gasteiger partial charge in [-0.05, 0) is 12.5 Å². The van der Waals surface area contributed by atoms with Gasteiger partial charge in [0.05, 0.1) is 12.2 Å². The molecule has 0 aliphatic carbocycles. The van der Waals surface area contributed by atoms with E-state index in [1.807, 2.05) is 6.92 Å². The zero-order chi connectivity index (χ0) is 13.7. The molecule has 0 aliphatic heterocycles. The van der Waals surface area contributed by atoms with E-state index in [0.29, 0.717) is 12.1 Å². The summed E-state index contributed by atoms with van der Waals surface area (Å²) in [6.07, 6.45) is -1.88. The lowest BCUT2D eigenvalue weighted by Crippen LogP contribution is -2.39. The summed E-state index contributed by atoms with van der Waals surface area (Å²) in [6, 6.07) is 1.62. The molecule has 0 atom stereocenters. The number of hydrogen-bond acceptors (Lipinski definition) is 3. The second-order valence-corrected chi connectivity index (χ2v) is 3.93. The summed E-state index contributed by atoms with van der Waals surface area (Å²) in [5.74, 6) is -0.463. The highest BCUT2D eigenvalue weighted by Gasteiger charge is 2.22. The van der Waals surface area contributed by atoms with Gasteiger partial charge in [0.25, 0.3) is 12.3 Å². The lowest BCUT2D eigenvalue weighted by molar-refractivity contribution is 0.0553. The van der Waals surface area contributed by atoms with Crippen molar-refractivity contribution in [3.63, 3.8) is 0 Å². The van der Waals surface area contributed by atoms with Gasteiger partial charge < -0.3 is 10.6 Å². The van der Waals surface area contributed by atoms with Crippen molar-refractivity contribution >= 4 is 5.91 Å². The first-order valence-corrected chi connectivity index (χ1v) is 5.80. The van der Waals surface area contributed by atoms with Gasteiger partial charge in [-0.25, -0.2) is 8.78 Å². The van der Waals surface area contributed by atoms with Crippen LogP contribution >= 0.6 is 0 Å². The Labute approximate surface area is 105 Å². The van der Waals surface area contributed by atoms with Crippen molar-refractivity contribution in [2.24, 2.45) is 12.8 Å². The topological polar surface area (TPSA) is 64.2 Å². The number of carbonyl (C=O) groups is 1. The maximum Gasteiger partial charge on any atom is 0.272 e. The molecule has 0 fully saturated rings. The molecule has 7 heteroatoms. The molecular formula is C11H18F2N4O. The number of alkyl halides is 2. The minimum Gasteiger partial charge on any atom is -0.330 e. The lowest BCUT2D eigenvalue weighted by Gasteiger charge is -2.21. The van der Waals surface area contributed by atoms with Crippen molar-refractivity contribution in [2.45, 2.75) is 19.8 Å². The fourth-order valence-corrected chi connectivity index (χ4v) is 1.66. The summed E-state index contributed by atoms with van der Waals surface area (Å²) in [5, 5.41) is 4.12. The van der Waals surface area contributed by atoms with Crippen LogP contribution in [0.4, 0.5) is 8.78 Å². The monoisotopic (exact) mass is 260 g/mol. The largest absolute Gasteiger partial charge is 0.330 e. The van der Waals surface area contributed by atoms with Crippen molar-refractivity contribution in [1.29, 1.82) is 0 Å². The van der Waals surface area contributed by atoms with Gasteiger partial charge in [0.15, 0.2) is 0 Å². The third-order valence-electron chi connectivity index (χ3n) is 2.56. The highest BCUT2D eigenvalue weighted by atomic mass is 19.3. The molecule has 1 heterocycles. The SMILES string of the molecule is CCc1cc(C(=O)N(CCN)CC(F)F)n(C)n1. The van der Waals surface area contributed by atoms with E-state index in [2.05, 4.69) is 5.10 Å². The second-order valence-electron chi connectivity index (χ2n) is 3.93. The number of carbonyl (C=O) groups excluding carboxylic acids is 1. The van der Waals surface area contributed by atoms with Gasteiger partial charge in [0, 0.05) is 20.1 Å². The molecule has 5 nitrogen and oxygen atoms in total. The fourth-order valence-electron chi connectivity index (χ4n) is 1.66. The first-order chi connectivity index (χ1) is 8.49. The molecule has 1 aromatic heterocycles. The predicted molar refractivity (Wildman–Crippen MR) is 63.5 cm³/mol. The first-order valence-electron chi connectivity index (χ1n) is 5.80. The molecule has 1 rings (SSSR count). The van der Waals surface area contributed by atoms with Crippen molar-refractivity contribution in [1.82, 2.24) is 14.7 Å². The van der Waals surface area contributed by atoms with Crippen LogP contribution in [0.2, 0.25) is 0 Å². The average Bonchev–Trinajstić information content (AvgIpc) is 2.68. The standard InChI is InChI=1S/C11H18F2N4O/c1-3-8-6-9(16(2)15-8)11(18)17(5-4-14)7-10(12)13/h6,10H,3-5,7,14H2,1-2H3. The van der Waals surface area contributed by atoms with Crippen LogP contribution in [0.5, 0.6) is 0 Å². The quantitative estimate of drug-likeness (QED) is 0.816. The van der Waals surface area contributed by atoms with Crippen molar-refractivity contribution in [3.8, 4) is 0 Å². The minimum absolute atomic E-state index is 0.107. The molecule has 0 unspecified atom stereocenters. The van der Waals surface area contributed by atoms with Gasteiger partial charge in [-0.1, -0.05) is 6.92 Å². The van der Waals surface area contributed by atoms with Crippen LogP contribution in [0.15, 0.2) is 6.07 Å². The Bertz CT molecular complexity index is 406. The Morgan fingerprint density at radius 1 is 1.61 bits per heavy atom. The lowest BCUT2D eigenvalue weighted by atomic mass is 10.2. The molecule has 0 spiro atoms. The number of halogens is 2. The van der Waals surface area contributed by atoms with Gasteiger partial charge in [0.2, 0.25) is 0 Å². The number of nitrogens with zero attached hydrogens (tertiary/aromatic N) is 3. The molecule has 0 bridgehead atoms. The first kappa shape index (κ1) is 14.6. The van der Waals surface area contributed by atoms with Crippen molar-refractivity contribution in [2.75, 3.05) is 19.6 Å². The Hall–Kier alpha value is -1.50. The van der Waals surface area contributed by atoms with Crippen LogP contribution in [0.1, 0.15) is 23.1 Å². The normalized spacial score (nSPS) is 11.0. The van der Waals surface area contributed by atoms with E-state index in [1.165, 1.54) is 4.68 Å². The summed E-state index contributed by atoms with van der Waals surface area (Å²) in [7, 11) is 1.62. The van der Waals surface area contributed by atoms with E-state index in [4.69, 9.17) is 5.73 Å². The van der Waals surface area contributed by atoms with E-state index < -0.39 is 18.9 Å². The molecule has 18 heavy (non-hydrogen) atoms. The summed E-state index contributed by atoms with van der Waals surface area (Å²) in [6.45, 7) is 1.56. The van der Waals surface area contributed by atoms with E-state index in [-0.39, 0.29) is 13.1 Å². The van der Waals surface area contributed by atoms with Crippen LogP contribution in [-0.2, 0) is 13.5 Å². The van der Waals surface area contributed by atoms with Gasteiger partial charge in [-0.2, -0.15) is 5.10 Å². The van der Waals surface area contributed by atoms with Crippen LogP contribution in [-0.4, -0.2) is 46.6 Å². The van der Waals surface area contributed by atoms with E-state index in [1.54, 1.807) is 13.1 Å². The number of rotatable bonds is 6. The molecule has 0 aliphatic rings. The zero-order valence-corrected chi connectivity index (χ0v) is 10.6. The molecule has 0 radical (unpaired) electrons. The van der Waals surface area contributed by atoms with Crippen molar-refractivity contribution < 1.29 is 13.6 Å². The van der Waals surface area contributed by atoms with E-state index >= 15 is 0 Å². The summed E-state index contributed by atoms with van der Waals surface area (Å²) in [4.78, 5) is 13.2. The average molecular weight is 260 g/mol. The number of aryl methyl sites for hydroxylation is 2. The van der Waals surface area contributed by atoms with Crippen LogP contribution in [0.3, 0.4) is 0 Å². The van der Waals surface area contributed by atoms with Gasteiger partial charge in [-0.15, -0.1) is 0 Å². The third-order valence-corrected chi connectivity index (χ3v) is 2.56. The Morgan fingerprint density at radius 3 is 2.72 bits per heavy atom. The number of amides is 1. The van der Waals surface area contributed by atoms with Gasteiger partial charge in [0.1, 0.15) is 5.69 Å². The van der Waals surface area contributed by atoms with E-state index in [9.17, 15) is 13.6 Å². The Kier molecular flexibility index (Phi) is 5.21. The highest BCUT2D eigenvalue weighted by molar-refractivity contribution is 5.92. The molecule has 2 N–H and O–H groups in total. The van der Waals surface area contributed by atoms with Gasteiger partial charge in [-0.3, -0.25) is 9.48 Å². The highest BCUT2D eigenvalue weighted by Crippen LogP contribution is 2.09. The predicted octanol–water partition coefficient (Wildman–Crippen LogP) is 0.648. The van der Waals surface area contributed by atoms with Crippen LogP contribution in [0.25, 0.3) is 0 Å². The van der Waals surface area contributed by atoms with Gasteiger partial charge >= 0.3 is 0 Å². The summed E-state index contributed by atoms with van der Waals surface area (Å²) >= 11 is 0. The molecule has 0 saturated carbocycles. The second kappa shape index (κ2) is 6.44. The minimum atomic E-state index is -2.57. The number of nitrogens with two attached hydrogens (primary N) is 1. The Balaban J connectivity index is 2.90. The molecular weight excluding hydrogens is 242 g/mol. The molecule has 0 saturated heterocycles. The Morgan fingerprint density at radius 2 is 2.28 bits per heavy atom. The maximum absolute atomic E-state index is 12.4.